The van der Waals surface area contributed by atoms with E-state index in [4.69, 9.17) is 4.18 Å². The van der Waals surface area contributed by atoms with Crippen LogP contribution in [0.15, 0.2) is 24.3 Å². The molecular weight excluding hydrogens is 264 g/mol. The summed E-state index contributed by atoms with van der Waals surface area (Å²) in [4.78, 5) is 0. The molecule has 1 aromatic carbocycles. The summed E-state index contributed by atoms with van der Waals surface area (Å²) < 4.78 is 30.1. The molecule has 0 saturated carbocycles. The first-order chi connectivity index (χ1) is 7.96. The molecule has 0 aliphatic rings. The van der Waals surface area contributed by atoms with E-state index in [9.17, 15) is 8.42 Å². The molecule has 0 radical (unpaired) electrons. The molecule has 0 aliphatic carbocycles. The minimum absolute atomic E-state index is 0.687. The van der Waals surface area contributed by atoms with Gasteiger partial charge in [-0.25, -0.2) is 8.42 Å². The maximum Gasteiger partial charge on any atom is 0.254 e. The zero-order valence-electron chi connectivity index (χ0n) is 11.9. The molecule has 1 rings (SSSR count). The van der Waals surface area contributed by atoms with E-state index < -0.39 is 22.4 Å². The van der Waals surface area contributed by atoms with Gasteiger partial charge in [0, 0.05) is 0 Å². The van der Waals surface area contributed by atoms with Crippen LogP contribution in [-0.4, -0.2) is 21.2 Å². The van der Waals surface area contributed by atoms with Crippen molar-refractivity contribution < 1.29 is 12.6 Å². The number of hydrogen-bond donors (Lipinski definition) is 0. The van der Waals surface area contributed by atoms with Crippen LogP contribution in [0.3, 0.4) is 0 Å². The van der Waals surface area contributed by atoms with E-state index in [1.54, 1.807) is 33.9 Å². The van der Waals surface area contributed by atoms with Crippen molar-refractivity contribution in [3.8, 4) is 0 Å². The second-order valence-electron chi connectivity index (χ2n) is 6.03. The fraction of sp³-hybridized carbons (Fsp3) is 0.538. The molecule has 1 aromatic rings. The van der Waals surface area contributed by atoms with Crippen molar-refractivity contribution in [2.75, 3.05) is 0 Å². The molecule has 0 heterocycles. The van der Waals surface area contributed by atoms with Crippen LogP contribution < -0.4 is 5.19 Å². The summed E-state index contributed by atoms with van der Waals surface area (Å²) in [5, 5.41) is 0.873. The Morgan fingerprint density at radius 1 is 1.06 bits per heavy atom. The van der Waals surface area contributed by atoms with Gasteiger partial charge in [-0.15, -0.1) is 0 Å². The van der Waals surface area contributed by atoms with Crippen LogP contribution in [0.5, 0.6) is 0 Å². The molecule has 0 amide bonds. The Hall–Kier alpha value is -0.653. The van der Waals surface area contributed by atoms with Gasteiger partial charge in [-0.2, -0.15) is 0 Å². The van der Waals surface area contributed by atoms with Crippen molar-refractivity contribution in [2.45, 2.75) is 46.4 Å². The van der Waals surface area contributed by atoms with E-state index in [0.29, 0.717) is 0 Å². The highest BCUT2D eigenvalue weighted by atomic mass is 32.4. The Morgan fingerprint density at radius 2 is 1.50 bits per heavy atom. The predicted molar refractivity (Wildman–Crippen MR) is 78.1 cm³/mol. The first-order valence-corrected chi connectivity index (χ1v) is 11.1. The largest absolute Gasteiger partial charge is 0.270 e. The van der Waals surface area contributed by atoms with Crippen molar-refractivity contribution in [1.82, 2.24) is 0 Å². The summed E-state index contributed by atoms with van der Waals surface area (Å²) in [6, 6.07) is 7.67. The van der Waals surface area contributed by atoms with Crippen molar-refractivity contribution in [3.05, 3.63) is 29.8 Å². The lowest BCUT2D eigenvalue weighted by Gasteiger charge is -2.27. The topological polar surface area (TPSA) is 43.4 Å². The number of benzene rings is 1. The van der Waals surface area contributed by atoms with Gasteiger partial charge in [0.15, 0.2) is 0 Å². The van der Waals surface area contributed by atoms with E-state index in [1.165, 1.54) is 0 Å². The fourth-order valence-electron chi connectivity index (χ4n) is 1.53. The van der Waals surface area contributed by atoms with Crippen molar-refractivity contribution >= 4 is 22.0 Å². The highest BCUT2D eigenvalue weighted by molar-refractivity contribution is 8.20. The molecule has 18 heavy (non-hydrogen) atoms. The Kier molecular flexibility index (Phi) is 4.10. The quantitative estimate of drug-likeness (QED) is 0.802. The van der Waals surface area contributed by atoms with Gasteiger partial charge in [-0.3, -0.25) is 4.18 Å². The van der Waals surface area contributed by atoms with Gasteiger partial charge < -0.3 is 0 Å². The molecule has 0 N–H and O–H groups in total. The van der Waals surface area contributed by atoms with Gasteiger partial charge in [-0.05, 0) is 46.0 Å². The van der Waals surface area contributed by atoms with Crippen LogP contribution in [0.25, 0.3) is 0 Å². The van der Waals surface area contributed by atoms with Crippen LogP contribution in [-0.2, 0) is 13.8 Å². The second kappa shape index (κ2) is 4.79. The normalized spacial score (nSPS) is 13.7. The minimum Gasteiger partial charge on any atom is -0.270 e. The number of aryl methyl sites for hydroxylation is 1. The molecule has 0 fully saturated rings. The SMILES string of the molecule is Cc1ccc([Si](C)(C)S(=O)(=O)OC(C)(C)C)cc1. The third kappa shape index (κ3) is 3.43. The van der Waals surface area contributed by atoms with Gasteiger partial charge in [-0.1, -0.05) is 29.8 Å². The summed E-state index contributed by atoms with van der Waals surface area (Å²) in [6.45, 7) is 10.9. The first kappa shape index (κ1) is 15.4. The molecule has 0 saturated heterocycles. The average molecular weight is 286 g/mol. The zero-order valence-corrected chi connectivity index (χ0v) is 13.8. The monoisotopic (exact) mass is 286 g/mol. The summed E-state index contributed by atoms with van der Waals surface area (Å²) in [5.41, 5.74) is 0.436. The maximum atomic E-state index is 12.4. The zero-order chi connectivity index (χ0) is 14.2. The Morgan fingerprint density at radius 3 is 1.89 bits per heavy atom. The third-order valence-corrected chi connectivity index (χ3v) is 11.1. The molecule has 5 heteroatoms. The Balaban J connectivity index is 3.17. The molecule has 3 nitrogen and oxygen atoms in total. The first-order valence-electron chi connectivity index (χ1n) is 5.98. The molecule has 0 bridgehead atoms. The molecule has 0 aromatic heterocycles. The lowest BCUT2D eigenvalue weighted by molar-refractivity contribution is 0.144. The summed E-state index contributed by atoms with van der Waals surface area (Å²) in [6.07, 6.45) is 0. The Bertz CT molecular complexity index is 510. The summed E-state index contributed by atoms with van der Waals surface area (Å²) in [5.74, 6) is 0. The molecule has 0 aliphatic heterocycles. The van der Waals surface area contributed by atoms with Gasteiger partial charge in [0.25, 0.3) is 7.22 Å². The maximum absolute atomic E-state index is 12.4. The molecular formula is C13H22O3SSi. The van der Waals surface area contributed by atoms with Crippen LogP contribution in [0.1, 0.15) is 26.3 Å². The van der Waals surface area contributed by atoms with E-state index in [2.05, 4.69) is 0 Å². The van der Waals surface area contributed by atoms with Crippen LogP contribution in [0.2, 0.25) is 13.1 Å². The highest BCUT2D eigenvalue weighted by Gasteiger charge is 2.42. The smallest absolute Gasteiger partial charge is 0.254 e. The van der Waals surface area contributed by atoms with Gasteiger partial charge in [0.05, 0.1) is 5.60 Å². The van der Waals surface area contributed by atoms with Gasteiger partial charge in [0.1, 0.15) is 0 Å². The molecule has 0 spiro atoms. The van der Waals surface area contributed by atoms with E-state index >= 15 is 0 Å². The second-order valence-corrected chi connectivity index (χ2v) is 15.3. The minimum atomic E-state index is -3.54. The predicted octanol–water partition coefficient (Wildman–Crippen LogP) is 2.55. The lowest BCUT2D eigenvalue weighted by Crippen LogP contribution is -2.52. The Labute approximate surface area is 111 Å². The summed E-state index contributed by atoms with van der Waals surface area (Å²) in [7, 11) is -6.23. The van der Waals surface area contributed by atoms with Crippen molar-refractivity contribution in [2.24, 2.45) is 0 Å². The van der Waals surface area contributed by atoms with Crippen LogP contribution >= 0.6 is 0 Å². The fourth-order valence-corrected chi connectivity index (χ4v) is 6.31. The molecule has 0 atom stereocenters. The van der Waals surface area contributed by atoms with Crippen molar-refractivity contribution in [1.29, 1.82) is 0 Å². The lowest BCUT2D eigenvalue weighted by atomic mass is 10.2. The van der Waals surface area contributed by atoms with Crippen molar-refractivity contribution in [3.63, 3.8) is 0 Å². The van der Waals surface area contributed by atoms with E-state index in [0.717, 1.165) is 10.8 Å². The number of rotatable bonds is 3. The van der Waals surface area contributed by atoms with Gasteiger partial charge >= 0.3 is 0 Å². The number of hydrogen-bond acceptors (Lipinski definition) is 3. The molecule has 102 valence electrons. The summed E-state index contributed by atoms with van der Waals surface area (Å²) >= 11 is 0. The van der Waals surface area contributed by atoms with E-state index in [1.807, 2.05) is 31.2 Å². The van der Waals surface area contributed by atoms with E-state index in [-0.39, 0.29) is 0 Å². The third-order valence-electron chi connectivity index (χ3n) is 2.73. The molecule has 0 unspecified atom stereocenters. The highest BCUT2D eigenvalue weighted by Crippen LogP contribution is 2.21. The van der Waals surface area contributed by atoms with Crippen LogP contribution in [0, 0.1) is 6.92 Å². The van der Waals surface area contributed by atoms with Gasteiger partial charge in [0.2, 0.25) is 9.57 Å². The average Bonchev–Trinajstić information content (AvgIpc) is 2.14. The van der Waals surface area contributed by atoms with Crippen LogP contribution in [0.4, 0.5) is 0 Å². The standard InChI is InChI=1S/C13H22O3SSi/c1-11-7-9-12(10-8-11)18(5,6)17(14,15)16-13(2,3)4/h7-10H,1-6H3.